The highest BCUT2D eigenvalue weighted by molar-refractivity contribution is 7.71. The SMILES string of the molecule is COc1cccc(OC)c1-c1n[nH]c(=S)n1C(C)C. The van der Waals surface area contributed by atoms with Crippen LogP contribution in [0.25, 0.3) is 11.4 Å². The molecule has 5 nitrogen and oxygen atoms in total. The van der Waals surface area contributed by atoms with E-state index in [9.17, 15) is 0 Å². The van der Waals surface area contributed by atoms with Gasteiger partial charge in [-0.05, 0) is 38.2 Å². The lowest BCUT2D eigenvalue weighted by atomic mass is 10.1. The number of benzene rings is 1. The van der Waals surface area contributed by atoms with Crippen molar-refractivity contribution < 1.29 is 9.47 Å². The molecule has 0 atom stereocenters. The van der Waals surface area contributed by atoms with E-state index in [1.807, 2.05) is 22.8 Å². The highest BCUT2D eigenvalue weighted by Gasteiger charge is 2.19. The maximum Gasteiger partial charge on any atom is 0.195 e. The molecule has 2 rings (SSSR count). The second kappa shape index (κ2) is 5.44. The number of H-pyrrole nitrogens is 1. The van der Waals surface area contributed by atoms with Gasteiger partial charge in [0.25, 0.3) is 0 Å². The summed E-state index contributed by atoms with van der Waals surface area (Å²) in [6.07, 6.45) is 0. The van der Waals surface area contributed by atoms with Gasteiger partial charge in [-0.15, -0.1) is 0 Å². The van der Waals surface area contributed by atoms with Crippen LogP contribution in [0.4, 0.5) is 0 Å². The van der Waals surface area contributed by atoms with Crippen LogP contribution >= 0.6 is 12.2 Å². The number of nitrogens with zero attached hydrogens (tertiary/aromatic N) is 2. The fraction of sp³-hybridized carbons (Fsp3) is 0.385. The maximum atomic E-state index is 5.40. The van der Waals surface area contributed by atoms with E-state index in [1.54, 1.807) is 14.2 Å². The second-order valence-corrected chi connectivity index (χ2v) is 4.74. The molecule has 1 N–H and O–H groups in total. The Morgan fingerprint density at radius 3 is 2.26 bits per heavy atom. The summed E-state index contributed by atoms with van der Waals surface area (Å²) in [5.41, 5.74) is 0.800. The third-order valence-corrected chi connectivity index (χ3v) is 3.16. The van der Waals surface area contributed by atoms with Crippen LogP contribution in [0, 0.1) is 4.77 Å². The summed E-state index contributed by atoms with van der Waals surface area (Å²) in [7, 11) is 3.25. The number of aromatic amines is 1. The molecule has 0 aliphatic rings. The summed E-state index contributed by atoms with van der Waals surface area (Å²) in [6.45, 7) is 4.10. The van der Waals surface area contributed by atoms with Crippen molar-refractivity contribution in [3.05, 3.63) is 23.0 Å². The van der Waals surface area contributed by atoms with Gasteiger partial charge in [-0.2, -0.15) is 5.10 Å². The average molecular weight is 279 g/mol. The zero-order valence-electron chi connectivity index (χ0n) is 11.4. The van der Waals surface area contributed by atoms with Crippen molar-refractivity contribution in [2.24, 2.45) is 0 Å². The Labute approximate surface area is 117 Å². The topological polar surface area (TPSA) is 52.1 Å². The summed E-state index contributed by atoms with van der Waals surface area (Å²) in [5, 5.41) is 7.13. The van der Waals surface area contributed by atoms with Gasteiger partial charge in [-0.25, -0.2) is 0 Å². The van der Waals surface area contributed by atoms with E-state index in [0.717, 1.165) is 5.56 Å². The molecule has 0 radical (unpaired) electrons. The summed E-state index contributed by atoms with van der Waals surface area (Å²) in [5.74, 6) is 2.12. The fourth-order valence-corrected chi connectivity index (χ4v) is 2.37. The zero-order chi connectivity index (χ0) is 14.0. The molecule has 0 bridgehead atoms. The Morgan fingerprint density at radius 1 is 1.21 bits per heavy atom. The highest BCUT2D eigenvalue weighted by atomic mass is 32.1. The molecule has 0 unspecified atom stereocenters. The molecule has 0 fully saturated rings. The van der Waals surface area contributed by atoms with Crippen LogP contribution in [0.3, 0.4) is 0 Å². The summed E-state index contributed by atoms with van der Waals surface area (Å²) >= 11 is 5.27. The quantitative estimate of drug-likeness (QED) is 0.873. The van der Waals surface area contributed by atoms with Crippen molar-refractivity contribution in [2.75, 3.05) is 14.2 Å². The highest BCUT2D eigenvalue weighted by Crippen LogP contribution is 2.37. The standard InChI is InChI=1S/C13H17N3O2S/c1-8(2)16-12(14-15-13(16)19)11-9(17-3)6-5-7-10(11)18-4/h5-8H,1-4H3,(H,15,19). The van der Waals surface area contributed by atoms with Crippen molar-refractivity contribution in [1.82, 2.24) is 14.8 Å². The minimum Gasteiger partial charge on any atom is -0.496 e. The molecule has 6 heteroatoms. The molecular formula is C13H17N3O2S. The molecule has 1 heterocycles. The van der Waals surface area contributed by atoms with Gasteiger partial charge >= 0.3 is 0 Å². The zero-order valence-corrected chi connectivity index (χ0v) is 12.2. The first-order valence-corrected chi connectivity index (χ1v) is 6.39. The first-order valence-electron chi connectivity index (χ1n) is 5.98. The lowest BCUT2D eigenvalue weighted by Gasteiger charge is -2.15. The van der Waals surface area contributed by atoms with E-state index >= 15 is 0 Å². The van der Waals surface area contributed by atoms with Gasteiger partial charge in [0, 0.05) is 6.04 Å². The van der Waals surface area contributed by atoms with E-state index < -0.39 is 0 Å². The largest absolute Gasteiger partial charge is 0.496 e. The Morgan fingerprint density at radius 2 is 1.79 bits per heavy atom. The van der Waals surface area contributed by atoms with Gasteiger partial charge in [0.05, 0.1) is 14.2 Å². The molecule has 0 spiro atoms. The Bertz CT molecular complexity index is 609. The number of nitrogens with one attached hydrogen (secondary N) is 1. The molecule has 102 valence electrons. The summed E-state index contributed by atoms with van der Waals surface area (Å²) in [4.78, 5) is 0. The predicted molar refractivity (Wildman–Crippen MR) is 76.3 cm³/mol. The number of hydrogen-bond donors (Lipinski definition) is 1. The monoisotopic (exact) mass is 279 g/mol. The molecule has 1 aromatic heterocycles. The smallest absolute Gasteiger partial charge is 0.195 e. The minimum absolute atomic E-state index is 0.191. The first kappa shape index (κ1) is 13.6. The van der Waals surface area contributed by atoms with Crippen LogP contribution in [0.1, 0.15) is 19.9 Å². The van der Waals surface area contributed by atoms with Gasteiger partial charge in [-0.3, -0.25) is 9.67 Å². The van der Waals surface area contributed by atoms with Crippen LogP contribution in [-0.2, 0) is 0 Å². The predicted octanol–water partition coefficient (Wildman–Crippen LogP) is 3.21. The van der Waals surface area contributed by atoms with Crippen molar-refractivity contribution >= 4 is 12.2 Å². The Kier molecular flexibility index (Phi) is 3.90. The first-order chi connectivity index (χ1) is 9.10. The van der Waals surface area contributed by atoms with Crippen LogP contribution in [0.5, 0.6) is 11.5 Å². The van der Waals surface area contributed by atoms with Crippen LogP contribution in [-0.4, -0.2) is 29.0 Å². The molecule has 0 amide bonds. The lowest BCUT2D eigenvalue weighted by Crippen LogP contribution is -2.05. The Hall–Kier alpha value is -1.82. The van der Waals surface area contributed by atoms with E-state index in [2.05, 4.69) is 24.0 Å². The van der Waals surface area contributed by atoms with Crippen molar-refractivity contribution in [3.63, 3.8) is 0 Å². The van der Waals surface area contributed by atoms with Crippen LogP contribution < -0.4 is 9.47 Å². The van der Waals surface area contributed by atoms with Gasteiger partial charge in [0.15, 0.2) is 10.6 Å². The third kappa shape index (κ3) is 2.35. The number of hydrogen-bond acceptors (Lipinski definition) is 4. The number of rotatable bonds is 4. The molecule has 19 heavy (non-hydrogen) atoms. The van der Waals surface area contributed by atoms with Gasteiger partial charge < -0.3 is 9.47 Å². The third-order valence-electron chi connectivity index (χ3n) is 2.87. The van der Waals surface area contributed by atoms with Gasteiger partial charge in [0.1, 0.15) is 17.1 Å². The molecule has 0 saturated carbocycles. The molecule has 0 saturated heterocycles. The fourth-order valence-electron chi connectivity index (χ4n) is 2.03. The average Bonchev–Trinajstić information content (AvgIpc) is 2.79. The molecule has 1 aromatic carbocycles. The Balaban J connectivity index is 2.75. The van der Waals surface area contributed by atoms with E-state index in [-0.39, 0.29) is 6.04 Å². The van der Waals surface area contributed by atoms with Gasteiger partial charge in [-0.1, -0.05) is 6.07 Å². The molecule has 0 aliphatic heterocycles. The number of aromatic nitrogens is 3. The molecular weight excluding hydrogens is 262 g/mol. The van der Waals surface area contributed by atoms with Crippen molar-refractivity contribution in [1.29, 1.82) is 0 Å². The normalized spacial score (nSPS) is 10.8. The number of ether oxygens (including phenoxy) is 2. The van der Waals surface area contributed by atoms with Crippen molar-refractivity contribution in [3.8, 4) is 22.9 Å². The molecule has 2 aromatic rings. The maximum absolute atomic E-state index is 5.40. The second-order valence-electron chi connectivity index (χ2n) is 4.35. The molecule has 0 aliphatic carbocycles. The van der Waals surface area contributed by atoms with Crippen LogP contribution in [0.15, 0.2) is 18.2 Å². The summed E-state index contributed by atoms with van der Waals surface area (Å²) < 4.78 is 13.3. The van der Waals surface area contributed by atoms with Crippen LogP contribution in [0.2, 0.25) is 0 Å². The van der Waals surface area contributed by atoms with E-state index in [4.69, 9.17) is 21.7 Å². The van der Waals surface area contributed by atoms with E-state index in [1.165, 1.54) is 0 Å². The minimum atomic E-state index is 0.191. The van der Waals surface area contributed by atoms with E-state index in [0.29, 0.717) is 22.1 Å². The van der Waals surface area contributed by atoms with Crippen molar-refractivity contribution in [2.45, 2.75) is 19.9 Å². The lowest BCUT2D eigenvalue weighted by molar-refractivity contribution is 0.396. The summed E-state index contributed by atoms with van der Waals surface area (Å²) in [6, 6.07) is 5.82. The van der Waals surface area contributed by atoms with Gasteiger partial charge in [0.2, 0.25) is 0 Å². The number of methoxy groups -OCH3 is 2.